The van der Waals surface area contributed by atoms with Crippen molar-refractivity contribution >= 4 is 18.2 Å². The third-order valence-corrected chi connectivity index (χ3v) is 5.84. The number of aryl methyl sites for hydroxylation is 1. The van der Waals surface area contributed by atoms with Gasteiger partial charge < -0.3 is 19.9 Å². The lowest BCUT2D eigenvalue weighted by Gasteiger charge is -2.26. The fourth-order valence-electron chi connectivity index (χ4n) is 4.21. The molecular weight excluding hydrogens is 412 g/mol. The Balaban J connectivity index is 0.000000913. The van der Waals surface area contributed by atoms with Crippen molar-refractivity contribution in [1.82, 2.24) is 14.7 Å². The first kappa shape index (κ1) is 23.6. The zero-order chi connectivity index (χ0) is 22.9. The predicted molar refractivity (Wildman–Crippen MR) is 120 cm³/mol. The summed E-state index contributed by atoms with van der Waals surface area (Å²) in [4.78, 5) is 23.0. The van der Waals surface area contributed by atoms with Gasteiger partial charge in [-0.3, -0.25) is 19.2 Å². The lowest BCUT2D eigenvalue weighted by molar-refractivity contribution is -0.123. The summed E-state index contributed by atoms with van der Waals surface area (Å²) >= 11 is 0. The number of hydrogen-bond acceptors (Lipinski definition) is 6. The molecule has 2 aliphatic heterocycles. The molecule has 32 heavy (non-hydrogen) atoms. The van der Waals surface area contributed by atoms with E-state index >= 15 is 0 Å². The number of amides is 1. The molecule has 1 amide bonds. The van der Waals surface area contributed by atoms with Crippen LogP contribution in [0.4, 0.5) is 5.82 Å². The molecule has 0 radical (unpaired) electrons. The second-order valence-electron chi connectivity index (χ2n) is 7.86. The zero-order valence-corrected chi connectivity index (χ0v) is 18.7. The number of nitrogens with zero attached hydrogens (tertiary/aromatic N) is 3. The van der Waals surface area contributed by atoms with Gasteiger partial charge >= 0.3 is 0 Å². The van der Waals surface area contributed by atoms with Crippen molar-refractivity contribution in [3.8, 4) is 11.5 Å². The molecule has 174 valence electrons. The summed E-state index contributed by atoms with van der Waals surface area (Å²) in [7, 11) is 1.66. The van der Waals surface area contributed by atoms with E-state index in [1.54, 1.807) is 7.11 Å². The van der Waals surface area contributed by atoms with Gasteiger partial charge in [-0.15, -0.1) is 0 Å². The molecular formula is C23H32N4O5. The zero-order valence-electron chi connectivity index (χ0n) is 18.7. The average Bonchev–Trinajstić information content (AvgIpc) is 3.23. The van der Waals surface area contributed by atoms with Gasteiger partial charge in [0.15, 0.2) is 17.3 Å². The minimum Gasteiger partial charge on any atom is -0.493 e. The molecule has 9 heteroatoms. The van der Waals surface area contributed by atoms with Gasteiger partial charge in [-0.05, 0) is 50.6 Å². The van der Waals surface area contributed by atoms with Crippen LogP contribution < -0.4 is 14.8 Å². The highest BCUT2D eigenvalue weighted by atomic mass is 16.5. The maximum absolute atomic E-state index is 12.2. The fourth-order valence-corrected chi connectivity index (χ4v) is 4.21. The van der Waals surface area contributed by atoms with Gasteiger partial charge in [0.25, 0.3) is 6.47 Å². The molecule has 3 heterocycles. The first-order valence-electron chi connectivity index (χ1n) is 11.1. The Morgan fingerprint density at radius 1 is 1.25 bits per heavy atom. The number of benzene rings is 1. The molecule has 0 saturated carbocycles. The van der Waals surface area contributed by atoms with Gasteiger partial charge in [-0.2, -0.15) is 5.10 Å². The summed E-state index contributed by atoms with van der Waals surface area (Å²) in [5.41, 5.74) is 2.09. The van der Waals surface area contributed by atoms with E-state index in [2.05, 4.69) is 15.3 Å². The molecule has 0 spiro atoms. The summed E-state index contributed by atoms with van der Waals surface area (Å²) in [6.45, 7) is 6.47. The van der Waals surface area contributed by atoms with Crippen LogP contribution in [0.15, 0.2) is 24.4 Å². The van der Waals surface area contributed by atoms with Crippen LogP contribution in [-0.2, 0) is 16.1 Å². The number of ether oxygens (including phenoxy) is 2. The third kappa shape index (κ3) is 5.79. The predicted octanol–water partition coefficient (Wildman–Crippen LogP) is 2.95. The molecule has 2 N–H and O–H groups in total. The number of fused-ring (bicyclic) bond motifs is 1. The standard InChI is InChI=1S/C22H30N4O3.CH2O2/c1-3-26-15-18-17(14-21(27)23-22(18)24-26)16-7-8-19(20(13-16)28-2)29-12-11-25-9-5-4-6-10-25;2-1-3/h7-8,13,15,17H,3-6,9-12,14H2,1-2H3,(H,23,24,27);1H,(H,2,3). The third-order valence-electron chi connectivity index (χ3n) is 5.84. The molecule has 1 fully saturated rings. The maximum Gasteiger partial charge on any atom is 0.290 e. The van der Waals surface area contributed by atoms with Crippen molar-refractivity contribution in [2.24, 2.45) is 0 Å². The second-order valence-corrected chi connectivity index (χ2v) is 7.86. The van der Waals surface area contributed by atoms with E-state index in [0.717, 1.165) is 43.1 Å². The number of carbonyl (C=O) groups is 2. The number of anilines is 1. The smallest absolute Gasteiger partial charge is 0.290 e. The summed E-state index contributed by atoms with van der Waals surface area (Å²) < 4.78 is 13.5. The molecule has 0 aliphatic carbocycles. The monoisotopic (exact) mass is 444 g/mol. The quantitative estimate of drug-likeness (QED) is 0.633. The molecule has 1 aromatic carbocycles. The Kier molecular flexibility index (Phi) is 8.49. The van der Waals surface area contributed by atoms with Crippen molar-refractivity contribution in [2.45, 2.75) is 45.1 Å². The van der Waals surface area contributed by atoms with Crippen molar-refractivity contribution in [3.05, 3.63) is 35.5 Å². The van der Waals surface area contributed by atoms with Crippen LogP contribution in [0.3, 0.4) is 0 Å². The molecule has 1 atom stereocenters. The Bertz CT molecular complexity index is 908. The van der Waals surface area contributed by atoms with E-state index in [1.807, 2.05) is 36.0 Å². The van der Waals surface area contributed by atoms with Crippen LogP contribution in [0, 0.1) is 0 Å². The van der Waals surface area contributed by atoms with Crippen LogP contribution >= 0.6 is 0 Å². The Morgan fingerprint density at radius 2 is 2.00 bits per heavy atom. The van der Waals surface area contributed by atoms with Crippen molar-refractivity contribution in [1.29, 1.82) is 0 Å². The largest absolute Gasteiger partial charge is 0.493 e. The summed E-state index contributed by atoms with van der Waals surface area (Å²) in [5, 5.41) is 14.2. The summed E-state index contributed by atoms with van der Waals surface area (Å²) in [6, 6.07) is 5.99. The first-order valence-corrected chi connectivity index (χ1v) is 11.1. The van der Waals surface area contributed by atoms with E-state index in [-0.39, 0.29) is 18.3 Å². The number of methoxy groups -OCH3 is 1. The highest BCUT2D eigenvalue weighted by molar-refractivity contribution is 5.94. The number of carboxylic acid groups (broad SMARTS) is 1. The van der Waals surface area contributed by atoms with Crippen LogP contribution in [0.25, 0.3) is 0 Å². The first-order chi connectivity index (χ1) is 15.6. The molecule has 1 saturated heterocycles. The minimum absolute atomic E-state index is 0.00956. The fraction of sp³-hybridized carbons (Fsp3) is 0.522. The molecule has 1 aromatic heterocycles. The minimum atomic E-state index is -0.250. The normalized spacial score (nSPS) is 18.1. The van der Waals surface area contributed by atoms with E-state index in [4.69, 9.17) is 19.4 Å². The van der Waals surface area contributed by atoms with Gasteiger partial charge in [-0.1, -0.05) is 12.5 Å². The molecule has 2 aromatic rings. The molecule has 1 unspecified atom stereocenters. The van der Waals surface area contributed by atoms with Gasteiger partial charge in [0.05, 0.1) is 7.11 Å². The Hall–Kier alpha value is -3.07. The number of carbonyl (C=O) groups excluding carboxylic acids is 1. The number of hydrogen-bond donors (Lipinski definition) is 2. The van der Waals surface area contributed by atoms with Crippen LogP contribution in [0.5, 0.6) is 11.5 Å². The van der Waals surface area contributed by atoms with E-state index in [9.17, 15) is 4.79 Å². The Labute approximate surface area is 188 Å². The van der Waals surface area contributed by atoms with Crippen LogP contribution in [-0.4, -0.2) is 65.5 Å². The lowest BCUT2D eigenvalue weighted by Crippen LogP contribution is -2.33. The van der Waals surface area contributed by atoms with E-state index in [0.29, 0.717) is 24.6 Å². The number of nitrogens with one attached hydrogen (secondary N) is 1. The lowest BCUT2D eigenvalue weighted by atomic mass is 9.87. The van der Waals surface area contributed by atoms with E-state index in [1.165, 1.54) is 19.3 Å². The van der Waals surface area contributed by atoms with Crippen molar-refractivity contribution in [2.75, 3.05) is 38.7 Å². The van der Waals surface area contributed by atoms with E-state index < -0.39 is 0 Å². The maximum atomic E-state index is 12.2. The number of rotatable bonds is 7. The number of piperidine rings is 1. The topological polar surface area (TPSA) is 106 Å². The van der Waals surface area contributed by atoms with Crippen LogP contribution in [0.1, 0.15) is 49.7 Å². The SMILES string of the molecule is CCn1cc2c(n1)NC(=O)CC2c1ccc(OCCN2CCCCC2)c(OC)c1.O=CO. The Morgan fingerprint density at radius 3 is 2.69 bits per heavy atom. The van der Waals surface area contributed by atoms with Crippen molar-refractivity contribution in [3.63, 3.8) is 0 Å². The average molecular weight is 445 g/mol. The number of likely N-dealkylation sites (tertiary alicyclic amines) is 1. The molecule has 4 rings (SSSR count). The van der Waals surface area contributed by atoms with Gasteiger partial charge in [-0.25, -0.2) is 0 Å². The van der Waals surface area contributed by atoms with Gasteiger partial charge in [0.1, 0.15) is 6.61 Å². The van der Waals surface area contributed by atoms with Crippen LogP contribution in [0.2, 0.25) is 0 Å². The van der Waals surface area contributed by atoms with Crippen molar-refractivity contribution < 1.29 is 24.2 Å². The van der Waals surface area contributed by atoms with Gasteiger partial charge in [0, 0.05) is 37.2 Å². The molecule has 0 bridgehead atoms. The summed E-state index contributed by atoms with van der Waals surface area (Å²) in [5.74, 6) is 2.07. The number of aromatic nitrogens is 2. The highest BCUT2D eigenvalue weighted by Gasteiger charge is 2.30. The second kappa shape index (κ2) is 11.5. The van der Waals surface area contributed by atoms with Gasteiger partial charge in [0.2, 0.25) is 5.91 Å². The highest BCUT2D eigenvalue weighted by Crippen LogP contribution is 2.39. The molecule has 9 nitrogen and oxygen atoms in total. The summed E-state index contributed by atoms with van der Waals surface area (Å²) in [6.07, 6.45) is 6.33. The molecule has 2 aliphatic rings.